The second-order valence-electron chi connectivity index (χ2n) is 8.09. The zero-order valence-electron chi connectivity index (χ0n) is 18.7. The molecule has 0 spiro atoms. The molecule has 0 saturated carbocycles. The Kier molecular flexibility index (Phi) is 5.86. The van der Waals surface area contributed by atoms with E-state index in [4.69, 9.17) is 19.2 Å². The van der Waals surface area contributed by atoms with Crippen LogP contribution in [-0.4, -0.2) is 14.2 Å². The summed E-state index contributed by atoms with van der Waals surface area (Å²) in [7, 11) is 3.34. The zero-order valence-corrected chi connectivity index (χ0v) is 18.7. The normalized spacial score (nSPS) is 19.2. The predicted octanol–water partition coefficient (Wildman–Crippen LogP) is 6.43. The summed E-state index contributed by atoms with van der Waals surface area (Å²) < 4.78 is 10.8. The minimum Gasteiger partial charge on any atom is -0.497 e. The van der Waals surface area contributed by atoms with Crippen LogP contribution in [0.25, 0.3) is 0 Å². The molecule has 4 heteroatoms. The Morgan fingerprint density at radius 1 is 0.576 bits per heavy atom. The van der Waals surface area contributed by atoms with Crippen LogP contribution >= 0.6 is 0 Å². The molecule has 1 aliphatic rings. The first-order valence-electron chi connectivity index (χ1n) is 11.0. The lowest BCUT2D eigenvalue weighted by Crippen LogP contribution is -2.34. The number of hydrogen-bond acceptors (Lipinski definition) is 4. The standard InChI is InChI=1S/C29H26O4/c1-30-25-17-13-23(14-18-25)29(24-15-19-26(31-2)20-16-24)27(21-9-5-3-6-10-21)28(32-33-29)22-11-7-4-8-12-22/h3-20,27-28H,1-2H3/t27-,28+/m1/s1. The summed E-state index contributed by atoms with van der Waals surface area (Å²) in [5, 5.41) is 0. The van der Waals surface area contributed by atoms with Crippen molar-refractivity contribution in [2.45, 2.75) is 17.6 Å². The van der Waals surface area contributed by atoms with Gasteiger partial charge in [0.25, 0.3) is 0 Å². The number of rotatable bonds is 6. The Morgan fingerprint density at radius 3 is 1.48 bits per heavy atom. The van der Waals surface area contributed by atoms with Gasteiger partial charge in [0.1, 0.15) is 17.6 Å². The fraction of sp³-hybridized carbons (Fsp3) is 0.172. The largest absolute Gasteiger partial charge is 0.497 e. The van der Waals surface area contributed by atoms with Gasteiger partial charge >= 0.3 is 0 Å². The van der Waals surface area contributed by atoms with Crippen molar-refractivity contribution < 1.29 is 19.2 Å². The van der Waals surface area contributed by atoms with Gasteiger partial charge < -0.3 is 9.47 Å². The van der Waals surface area contributed by atoms with E-state index < -0.39 is 5.60 Å². The molecular formula is C29H26O4. The molecule has 2 atom stereocenters. The van der Waals surface area contributed by atoms with Crippen LogP contribution < -0.4 is 9.47 Å². The Bertz CT molecular complexity index is 1120. The van der Waals surface area contributed by atoms with Gasteiger partial charge in [-0.05, 0) is 46.5 Å². The van der Waals surface area contributed by atoms with Crippen LogP contribution in [0.4, 0.5) is 0 Å². The molecule has 0 bridgehead atoms. The van der Waals surface area contributed by atoms with Crippen molar-refractivity contribution in [3.63, 3.8) is 0 Å². The maximum absolute atomic E-state index is 6.41. The highest BCUT2D eigenvalue weighted by molar-refractivity contribution is 5.47. The molecule has 5 rings (SSSR count). The summed E-state index contributed by atoms with van der Waals surface area (Å²) in [6.07, 6.45) is -0.294. The molecule has 4 nitrogen and oxygen atoms in total. The SMILES string of the molecule is COc1ccc(C2(c3ccc(OC)cc3)OO[C@@H](c3ccccc3)[C@H]2c2ccccc2)cc1. The van der Waals surface area contributed by atoms with Crippen LogP contribution in [0.15, 0.2) is 109 Å². The molecule has 1 heterocycles. The topological polar surface area (TPSA) is 36.9 Å². The third-order valence-corrected chi connectivity index (χ3v) is 6.35. The van der Waals surface area contributed by atoms with Gasteiger partial charge in [0.05, 0.1) is 20.1 Å². The van der Waals surface area contributed by atoms with E-state index in [9.17, 15) is 0 Å². The highest BCUT2D eigenvalue weighted by atomic mass is 17.2. The van der Waals surface area contributed by atoms with E-state index in [0.717, 1.165) is 33.8 Å². The van der Waals surface area contributed by atoms with E-state index in [1.807, 2.05) is 48.5 Å². The van der Waals surface area contributed by atoms with Crippen molar-refractivity contribution in [3.8, 4) is 11.5 Å². The van der Waals surface area contributed by atoms with Crippen LogP contribution in [0.3, 0.4) is 0 Å². The Hall–Kier alpha value is -3.60. The second kappa shape index (κ2) is 9.10. The molecular weight excluding hydrogens is 412 g/mol. The molecule has 0 aromatic heterocycles. The quantitative estimate of drug-likeness (QED) is 0.325. The van der Waals surface area contributed by atoms with Gasteiger partial charge in [-0.3, -0.25) is 0 Å². The molecule has 33 heavy (non-hydrogen) atoms. The molecule has 4 aromatic rings. The first kappa shape index (κ1) is 21.3. The fourth-order valence-electron chi connectivity index (χ4n) is 4.71. The van der Waals surface area contributed by atoms with E-state index in [-0.39, 0.29) is 12.0 Å². The highest BCUT2D eigenvalue weighted by Gasteiger charge is 2.55. The van der Waals surface area contributed by atoms with E-state index in [0.29, 0.717) is 0 Å². The van der Waals surface area contributed by atoms with Crippen molar-refractivity contribution in [1.29, 1.82) is 0 Å². The van der Waals surface area contributed by atoms with Crippen molar-refractivity contribution in [2.24, 2.45) is 0 Å². The highest BCUT2D eigenvalue weighted by Crippen LogP contribution is 2.58. The first-order chi connectivity index (χ1) is 16.3. The molecule has 4 aromatic carbocycles. The van der Waals surface area contributed by atoms with Crippen molar-refractivity contribution in [3.05, 3.63) is 131 Å². The lowest BCUT2D eigenvalue weighted by atomic mass is 9.70. The zero-order chi connectivity index (χ0) is 22.7. The lowest BCUT2D eigenvalue weighted by Gasteiger charge is -2.34. The van der Waals surface area contributed by atoms with E-state index in [2.05, 4.69) is 60.7 Å². The van der Waals surface area contributed by atoms with Crippen molar-refractivity contribution >= 4 is 0 Å². The number of methoxy groups -OCH3 is 2. The van der Waals surface area contributed by atoms with E-state index >= 15 is 0 Å². The predicted molar refractivity (Wildman–Crippen MR) is 127 cm³/mol. The van der Waals surface area contributed by atoms with Crippen LogP contribution in [0.5, 0.6) is 11.5 Å². The first-order valence-corrected chi connectivity index (χ1v) is 11.0. The Balaban J connectivity index is 1.74. The average Bonchev–Trinajstić information content (AvgIpc) is 3.31. The lowest BCUT2D eigenvalue weighted by molar-refractivity contribution is -0.322. The molecule has 0 N–H and O–H groups in total. The van der Waals surface area contributed by atoms with Gasteiger partial charge in [-0.2, -0.15) is 0 Å². The number of ether oxygens (including phenoxy) is 2. The van der Waals surface area contributed by atoms with Crippen molar-refractivity contribution in [1.82, 2.24) is 0 Å². The minimum absolute atomic E-state index is 0.136. The van der Waals surface area contributed by atoms with Gasteiger partial charge in [-0.25, -0.2) is 9.78 Å². The average molecular weight is 439 g/mol. The molecule has 0 amide bonds. The molecule has 1 saturated heterocycles. The van der Waals surface area contributed by atoms with Gasteiger partial charge in [-0.1, -0.05) is 84.9 Å². The summed E-state index contributed by atoms with van der Waals surface area (Å²) in [4.78, 5) is 12.6. The van der Waals surface area contributed by atoms with Gasteiger partial charge in [0, 0.05) is 0 Å². The van der Waals surface area contributed by atoms with Gasteiger partial charge in [0.2, 0.25) is 0 Å². The van der Waals surface area contributed by atoms with Crippen LogP contribution in [0.2, 0.25) is 0 Å². The molecule has 166 valence electrons. The second-order valence-corrected chi connectivity index (χ2v) is 8.09. The maximum atomic E-state index is 6.41. The minimum atomic E-state index is -0.875. The van der Waals surface area contributed by atoms with E-state index in [1.54, 1.807) is 14.2 Å². The third-order valence-electron chi connectivity index (χ3n) is 6.35. The Morgan fingerprint density at radius 2 is 1.03 bits per heavy atom. The number of benzene rings is 4. The monoisotopic (exact) mass is 438 g/mol. The summed E-state index contributed by atoms with van der Waals surface area (Å²) in [6, 6.07) is 36.7. The van der Waals surface area contributed by atoms with Crippen LogP contribution in [0.1, 0.15) is 34.3 Å². The van der Waals surface area contributed by atoms with Crippen LogP contribution in [0, 0.1) is 0 Å². The molecule has 0 unspecified atom stereocenters. The third kappa shape index (κ3) is 3.78. The van der Waals surface area contributed by atoms with Gasteiger partial charge in [-0.15, -0.1) is 0 Å². The fourth-order valence-corrected chi connectivity index (χ4v) is 4.71. The smallest absolute Gasteiger partial charge is 0.163 e. The van der Waals surface area contributed by atoms with E-state index in [1.165, 1.54) is 0 Å². The van der Waals surface area contributed by atoms with Gasteiger partial charge in [0.15, 0.2) is 5.60 Å². The Labute approximate surface area is 194 Å². The number of hydrogen-bond donors (Lipinski definition) is 0. The van der Waals surface area contributed by atoms with Crippen molar-refractivity contribution in [2.75, 3.05) is 14.2 Å². The summed E-state index contributed by atoms with van der Waals surface area (Å²) in [5.74, 6) is 1.44. The molecule has 0 radical (unpaired) electrons. The summed E-state index contributed by atoms with van der Waals surface area (Å²) >= 11 is 0. The maximum Gasteiger partial charge on any atom is 0.163 e. The molecule has 1 aliphatic heterocycles. The summed E-state index contributed by atoms with van der Waals surface area (Å²) in [5.41, 5.74) is 3.30. The summed E-state index contributed by atoms with van der Waals surface area (Å²) in [6.45, 7) is 0. The van der Waals surface area contributed by atoms with Crippen LogP contribution in [-0.2, 0) is 15.4 Å². The molecule has 0 aliphatic carbocycles. The molecule has 1 fully saturated rings.